The van der Waals surface area contributed by atoms with Gasteiger partial charge in [-0.05, 0) is 42.0 Å². The van der Waals surface area contributed by atoms with Crippen LogP contribution in [0.3, 0.4) is 0 Å². The van der Waals surface area contributed by atoms with E-state index in [0.29, 0.717) is 22.8 Å². The summed E-state index contributed by atoms with van der Waals surface area (Å²) < 4.78 is 40.3. The Bertz CT molecular complexity index is 932. The predicted molar refractivity (Wildman–Crippen MR) is 96.1 cm³/mol. The summed E-state index contributed by atoms with van der Waals surface area (Å²) in [6, 6.07) is 13.8. The van der Waals surface area contributed by atoms with Crippen molar-refractivity contribution in [1.82, 2.24) is 15.3 Å². The highest BCUT2D eigenvalue weighted by atomic mass is 19.4. The molecule has 1 amide bonds. The van der Waals surface area contributed by atoms with Gasteiger partial charge in [-0.15, -0.1) is 13.2 Å². The van der Waals surface area contributed by atoms with Gasteiger partial charge in [-0.3, -0.25) is 4.79 Å². The molecule has 0 aliphatic rings. The van der Waals surface area contributed by atoms with Gasteiger partial charge in [-0.25, -0.2) is 9.97 Å². The fourth-order valence-electron chi connectivity index (χ4n) is 2.32. The Morgan fingerprint density at radius 1 is 1.00 bits per heavy atom. The minimum atomic E-state index is -4.74. The van der Waals surface area contributed by atoms with Crippen molar-refractivity contribution in [2.75, 3.05) is 5.32 Å². The maximum atomic E-state index is 12.3. The van der Waals surface area contributed by atoms with E-state index in [1.54, 1.807) is 42.7 Å². The van der Waals surface area contributed by atoms with Crippen molar-refractivity contribution in [3.63, 3.8) is 0 Å². The van der Waals surface area contributed by atoms with Crippen LogP contribution in [0.25, 0.3) is 0 Å². The van der Waals surface area contributed by atoms with Gasteiger partial charge in [0.1, 0.15) is 5.75 Å². The summed E-state index contributed by atoms with van der Waals surface area (Å²) in [5.74, 6) is -0.237. The fourth-order valence-corrected chi connectivity index (χ4v) is 2.32. The van der Waals surface area contributed by atoms with Gasteiger partial charge in [-0.2, -0.15) is 0 Å². The highest BCUT2D eigenvalue weighted by Gasteiger charge is 2.30. The van der Waals surface area contributed by atoms with Crippen LogP contribution in [0.15, 0.2) is 67.0 Å². The normalized spacial score (nSPS) is 11.0. The van der Waals surface area contributed by atoms with E-state index in [2.05, 4.69) is 25.3 Å². The molecule has 0 unspecified atom stereocenters. The second-order valence-electron chi connectivity index (χ2n) is 5.65. The number of aromatic nitrogens is 2. The van der Waals surface area contributed by atoms with E-state index in [9.17, 15) is 18.0 Å². The van der Waals surface area contributed by atoms with Crippen molar-refractivity contribution in [3.05, 3.63) is 78.1 Å². The molecule has 0 radical (unpaired) electrons. The van der Waals surface area contributed by atoms with E-state index in [4.69, 9.17) is 0 Å². The third kappa shape index (κ3) is 5.70. The zero-order chi connectivity index (χ0) is 20.0. The average molecular weight is 388 g/mol. The van der Waals surface area contributed by atoms with Gasteiger partial charge < -0.3 is 15.4 Å². The third-order valence-corrected chi connectivity index (χ3v) is 3.56. The number of hydrogen-bond acceptors (Lipinski definition) is 5. The highest BCUT2D eigenvalue weighted by Crippen LogP contribution is 2.22. The average Bonchev–Trinajstić information content (AvgIpc) is 2.67. The first kappa shape index (κ1) is 19.2. The Labute approximate surface area is 158 Å². The molecule has 2 aromatic carbocycles. The van der Waals surface area contributed by atoms with Crippen LogP contribution < -0.4 is 15.4 Å². The quantitative estimate of drug-likeness (QED) is 0.666. The lowest BCUT2D eigenvalue weighted by atomic mass is 10.1. The largest absolute Gasteiger partial charge is 0.573 e. The Balaban J connectivity index is 1.58. The van der Waals surface area contributed by atoms with Crippen LogP contribution in [0.1, 0.15) is 15.9 Å². The molecule has 3 aromatic rings. The van der Waals surface area contributed by atoms with E-state index in [1.807, 2.05) is 0 Å². The molecule has 28 heavy (non-hydrogen) atoms. The summed E-state index contributed by atoms with van der Waals surface area (Å²) >= 11 is 0. The highest BCUT2D eigenvalue weighted by molar-refractivity contribution is 5.95. The van der Waals surface area contributed by atoms with E-state index >= 15 is 0 Å². The zero-order valence-electron chi connectivity index (χ0n) is 14.4. The van der Waals surface area contributed by atoms with Crippen LogP contribution in [0, 0.1) is 0 Å². The van der Waals surface area contributed by atoms with Gasteiger partial charge in [0.25, 0.3) is 5.91 Å². The number of carbonyl (C=O) groups is 1. The maximum absolute atomic E-state index is 12.3. The van der Waals surface area contributed by atoms with Crippen molar-refractivity contribution < 1.29 is 22.7 Å². The molecule has 6 nitrogen and oxygen atoms in total. The molecule has 3 rings (SSSR count). The summed E-state index contributed by atoms with van der Waals surface area (Å²) in [7, 11) is 0. The Kier molecular flexibility index (Phi) is 5.73. The molecule has 0 fully saturated rings. The smallest absolute Gasteiger partial charge is 0.406 e. The molecular formula is C19H15F3N4O2. The Hall–Kier alpha value is -3.62. The summed E-state index contributed by atoms with van der Waals surface area (Å²) in [6.07, 6.45) is -1.55. The van der Waals surface area contributed by atoms with E-state index in [-0.39, 0.29) is 18.2 Å². The molecule has 0 saturated carbocycles. The summed E-state index contributed by atoms with van der Waals surface area (Å²) in [6.45, 7) is 0.157. The van der Waals surface area contributed by atoms with Gasteiger partial charge in [0.15, 0.2) is 0 Å². The lowest BCUT2D eigenvalue weighted by Crippen LogP contribution is -2.22. The van der Waals surface area contributed by atoms with Gasteiger partial charge in [-0.1, -0.05) is 18.2 Å². The van der Waals surface area contributed by atoms with Gasteiger partial charge >= 0.3 is 6.36 Å². The van der Waals surface area contributed by atoms with E-state index in [0.717, 1.165) is 0 Å². The van der Waals surface area contributed by atoms with Crippen LogP contribution in [-0.4, -0.2) is 22.2 Å². The SMILES string of the molecule is O=C(NCc1ccc(OC(F)(F)F)cc1)c1cccc(Nc2ncccn2)c1. The lowest BCUT2D eigenvalue weighted by Gasteiger charge is -2.10. The molecule has 0 atom stereocenters. The molecule has 2 N–H and O–H groups in total. The number of hydrogen-bond donors (Lipinski definition) is 2. The molecule has 0 aliphatic carbocycles. The fraction of sp³-hybridized carbons (Fsp3) is 0.105. The molecule has 0 aliphatic heterocycles. The molecule has 0 bridgehead atoms. The van der Waals surface area contributed by atoms with Crippen molar-refractivity contribution >= 4 is 17.5 Å². The number of anilines is 2. The number of amides is 1. The number of alkyl halides is 3. The third-order valence-electron chi connectivity index (χ3n) is 3.56. The predicted octanol–water partition coefficient (Wildman–Crippen LogP) is 4.05. The summed E-state index contributed by atoms with van der Waals surface area (Å²) in [5, 5.41) is 5.70. The zero-order valence-corrected chi connectivity index (χ0v) is 14.4. The first-order valence-electron chi connectivity index (χ1n) is 8.16. The van der Waals surface area contributed by atoms with Crippen LogP contribution in [0.4, 0.5) is 24.8 Å². The number of nitrogens with one attached hydrogen (secondary N) is 2. The first-order chi connectivity index (χ1) is 13.4. The van der Waals surface area contributed by atoms with Crippen molar-refractivity contribution in [1.29, 1.82) is 0 Å². The van der Waals surface area contributed by atoms with Crippen molar-refractivity contribution in [2.24, 2.45) is 0 Å². The molecule has 1 aromatic heterocycles. The van der Waals surface area contributed by atoms with E-state index in [1.165, 1.54) is 24.3 Å². The molecule has 0 spiro atoms. The minimum absolute atomic E-state index is 0.157. The van der Waals surface area contributed by atoms with Gasteiger partial charge in [0.2, 0.25) is 5.95 Å². The van der Waals surface area contributed by atoms with Gasteiger partial charge in [0.05, 0.1) is 0 Å². The second-order valence-corrected chi connectivity index (χ2v) is 5.65. The summed E-state index contributed by atoms with van der Waals surface area (Å²) in [5.41, 5.74) is 1.69. The van der Waals surface area contributed by atoms with Crippen molar-refractivity contribution in [2.45, 2.75) is 12.9 Å². The Morgan fingerprint density at radius 2 is 1.71 bits per heavy atom. The van der Waals surface area contributed by atoms with Crippen LogP contribution in [-0.2, 0) is 6.54 Å². The van der Waals surface area contributed by atoms with Gasteiger partial charge in [0, 0.05) is 30.2 Å². The second kappa shape index (κ2) is 8.38. The molecule has 0 saturated heterocycles. The number of benzene rings is 2. The number of rotatable bonds is 6. The number of nitrogens with zero attached hydrogens (tertiary/aromatic N) is 2. The Morgan fingerprint density at radius 3 is 2.39 bits per heavy atom. The maximum Gasteiger partial charge on any atom is 0.573 e. The minimum Gasteiger partial charge on any atom is -0.406 e. The molecule has 1 heterocycles. The van der Waals surface area contributed by atoms with Crippen molar-refractivity contribution in [3.8, 4) is 5.75 Å². The monoisotopic (exact) mass is 388 g/mol. The molecule has 9 heteroatoms. The summed E-state index contributed by atoms with van der Waals surface area (Å²) in [4.78, 5) is 20.4. The van der Waals surface area contributed by atoms with Crippen LogP contribution in [0.2, 0.25) is 0 Å². The van der Waals surface area contributed by atoms with E-state index < -0.39 is 6.36 Å². The molecular weight excluding hydrogens is 373 g/mol. The lowest BCUT2D eigenvalue weighted by molar-refractivity contribution is -0.274. The standard InChI is InChI=1S/C19H15F3N4O2/c20-19(21,22)28-16-7-5-13(6-8-16)12-25-17(27)14-3-1-4-15(11-14)26-18-23-9-2-10-24-18/h1-11H,12H2,(H,25,27)(H,23,24,26). The first-order valence-corrected chi connectivity index (χ1v) is 8.16. The number of ether oxygens (including phenoxy) is 1. The number of halogens is 3. The topological polar surface area (TPSA) is 76.1 Å². The molecule has 144 valence electrons. The van der Waals surface area contributed by atoms with Crippen LogP contribution in [0.5, 0.6) is 5.75 Å². The van der Waals surface area contributed by atoms with Crippen LogP contribution >= 0.6 is 0 Å². The number of carbonyl (C=O) groups excluding carboxylic acids is 1.